The van der Waals surface area contributed by atoms with E-state index in [-0.39, 0.29) is 0 Å². The maximum Gasteiger partial charge on any atom is 0.416 e. The Morgan fingerprint density at radius 3 is 2.33 bits per heavy atom. The first kappa shape index (κ1) is 12.6. The van der Waals surface area contributed by atoms with Crippen LogP contribution in [0.3, 0.4) is 0 Å². The number of terminal acetylenes is 1. The summed E-state index contributed by atoms with van der Waals surface area (Å²) in [5.41, 5.74) is -0.0131. The normalized spacial score (nSPS) is 16.6. The van der Waals surface area contributed by atoms with Crippen LogP contribution in [0.15, 0.2) is 24.3 Å². The summed E-state index contributed by atoms with van der Waals surface area (Å²) in [5.74, 6) is 0. The third-order valence-electron chi connectivity index (χ3n) is 3.00. The van der Waals surface area contributed by atoms with E-state index in [1.165, 1.54) is 12.1 Å². The van der Waals surface area contributed by atoms with Gasteiger partial charge < -0.3 is 9.80 Å². The minimum Gasteiger partial charge on any atom is -0.368 e. The molecule has 0 saturated carbocycles. The molecule has 0 aliphatic carbocycles. The fourth-order valence-electron chi connectivity index (χ4n) is 1.97. The molecule has 0 unspecified atom stereocenters. The number of halogens is 3. The van der Waals surface area contributed by atoms with Gasteiger partial charge in [-0.1, -0.05) is 12.5 Å². The van der Waals surface area contributed by atoms with Gasteiger partial charge in [0.1, 0.15) is 0 Å². The minimum atomic E-state index is -4.29. The van der Waals surface area contributed by atoms with Crippen LogP contribution in [-0.4, -0.2) is 31.1 Å². The molecule has 0 bridgehead atoms. The molecule has 96 valence electrons. The highest BCUT2D eigenvalue weighted by Crippen LogP contribution is 2.31. The molecule has 0 atom stereocenters. The van der Waals surface area contributed by atoms with Crippen LogP contribution in [0, 0.1) is 12.5 Å². The van der Waals surface area contributed by atoms with Crippen molar-refractivity contribution in [1.29, 1.82) is 0 Å². The van der Waals surface area contributed by atoms with E-state index in [9.17, 15) is 13.2 Å². The fourth-order valence-corrected chi connectivity index (χ4v) is 1.97. The van der Waals surface area contributed by atoms with Crippen molar-refractivity contribution in [2.75, 3.05) is 31.1 Å². The van der Waals surface area contributed by atoms with Gasteiger partial charge in [-0.25, -0.2) is 0 Å². The van der Waals surface area contributed by atoms with Gasteiger partial charge in [-0.3, -0.25) is 0 Å². The molecule has 18 heavy (non-hydrogen) atoms. The summed E-state index contributed by atoms with van der Waals surface area (Å²) in [6, 6.07) is 7.94. The van der Waals surface area contributed by atoms with Crippen LogP contribution < -0.4 is 4.90 Å². The molecule has 1 saturated heterocycles. The van der Waals surface area contributed by atoms with Gasteiger partial charge in [0.2, 0.25) is 0 Å². The lowest BCUT2D eigenvalue weighted by molar-refractivity contribution is -0.137. The van der Waals surface area contributed by atoms with E-state index in [4.69, 9.17) is 6.42 Å². The Labute approximate surface area is 104 Å². The molecule has 0 N–H and O–H groups in total. The number of hydrogen-bond donors (Lipinski definition) is 0. The summed E-state index contributed by atoms with van der Waals surface area (Å²) in [6.07, 6.45) is 0.982. The van der Waals surface area contributed by atoms with Gasteiger partial charge in [0.15, 0.2) is 0 Å². The predicted molar refractivity (Wildman–Crippen MR) is 64.1 cm³/mol. The zero-order chi connectivity index (χ0) is 13.2. The molecule has 1 aromatic rings. The van der Waals surface area contributed by atoms with Gasteiger partial charge in [0, 0.05) is 37.9 Å². The van der Waals surface area contributed by atoms with E-state index in [1.54, 1.807) is 6.07 Å². The van der Waals surface area contributed by atoms with Gasteiger partial charge in [0.25, 0.3) is 0 Å². The van der Waals surface area contributed by atoms with Crippen molar-refractivity contribution in [3.63, 3.8) is 0 Å². The number of benzene rings is 1. The molecule has 1 aliphatic heterocycles. The van der Waals surface area contributed by atoms with Crippen LogP contribution in [0.5, 0.6) is 0 Å². The average molecular weight is 254 g/mol. The van der Waals surface area contributed by atoms with E-state index < -0.39 is 11.7 Å². The van der Waals surface area contributed by atoms with Crippen molar-refractivity contribution in [2.24, 2.45) is 0 Å². The first-order valence-corrected chi connectivity index (χ1v) is 5.64. The molecular weight excluding hydrogens is 241 g/mol. The van der Waals surface area contributed by atoms with Crippen molar-refractivity contribution in [3.8, 4) is 12.5 Å². The Morgan fingerprint density at radius 1 is 1.11 bits per heavy atom. The van der Waals surface area contributed by atoms with Crippen LogP contribution in [0.2, 0.25) is 0 Å². The molecule has 1 aliphatic rings. The van der Waals surface area contributed by atoms with Crippen LogP contribution in [0.4, 0.5) is 18.9 Å². The molecule has 5 heteroatoms. The smallest absolute Gasteiger partial charge is 0.368 e. The van der Waals surface area contributed by atoms with Gasteiger partial charge in [0.05, 0.1) is 5.56 Å². The second-order valence-electron chi connectivity index (χ2n) is 4.15. The lowest BCUT2D eigenvalue weighted by Gasteiger charge is -2.34. The van der Waals surface area contributed by atoms with Crippen LogP contribution in [0.25, 0.3) is 0 Å². The minimum absolute atomic E-state index is 0.599. The summed E-state index contributed by atoms with van der Waals surface area (Å²) in [6.45, 7) is 2.64. The maximum atomic E-state index is 12.6. The Balaban J connectivity index is 2.13. The number of nitrogens with zero attached hydrogens (tertiary/aromatic N) is 2. The third-order valence-corrected chi connectivity index (χ3v) is 3.00. The molecule has 1 aromatic carbocycles. The van der Waals surface area contributed by atoms with Crippen molar-refractivity contribution in [3.05, 3.63) is 29.8 Å². The maximum absolute atomic E-state index is 12.6. The second kappa shape index (κ2) is 4.81. The highest BCUT2D eigenvalue weighted by atomic mass is 19.4. The van der Waals surface area contributed by atoms with E-state index in [1.807, 2.05) is 9.80 Å². The largest absolute Gasteiger partial charge is 0.416 e. The summed E-state index contributed by atoms with van der Waals surface area (Å²) in [7, 11) is 0. The van der Waals surface area contributed by atoms with Crippen molar-refractivity contribution >= 4 is 5.69 Å². The summed E-state index contributed by atoms with van der Waals surface area (Å²) >= 11 is 0. The van der Waals surface area contributed by atoms with E-state index in [0.717, 1.165) is 6.07 Å². The standard InChI is InChI=1S/C13H13F3N2/c1-2-17-6-8-18(9-7-17)12-5-3-4-11(10-12)13(14,15)16/h1,3-5,10H,6-9H2. The lowest BCUT2D eigenvalue weighted by atomic mass is 10.1. The second-order valence-corrected chi connectivity index (χ2v) is 4.15. The first-order valence-electron chi connectivity index (χ1n) is 5.64. The van der Waals surface area contributed by atoms with Gasteiger partial charge in [-0.15, -0.1) is 0 Å². The topological polar surface area (TPSA) is 6.48 Å². The number of piperazine rings is 1. The van der Waals surface area contributed by atoms with Gasteiger partial charge >= 0.3 is 6.18 Å². The zero-order valence-corrected chi connectivity index (χ0v) is 9.74. The SMILES string of the molecule is C#CN1CCN(c2cccc(C(F)(F)F)c2)CC1. The summed E-state index contributed by atoms with van der Waals surface area (Å²) < 4.78 is 37.8. The van der Waals surface area contributed by atoms with Crippen molar-refractivity contribution < 1.29 is 13.2 Å². The third kappa shape index (κ3) is 2.70. The monoisotopic (exact) mass is 254 g/mol. The molecule has 2 nitrogen and oxygen atoms in total. The number of hydrogen-bond acceptors (Lipinski definition) is 2. The molecule has 0 aromatic heterocycles. The quantitative estimate of drug-likeness (QED) is 0.710. The van der Waals surface area contributed by atoms with Crippen LogP contribution in [0.1, 0.15) is 5.56 Å². The average Bonchev–Trinajstić information content (AvgIpc) is 2.38. The molecule has 0 amide bonds. The van der Waals surface area contributed by atoms with Crippen molar-refractivity contribution in [1.82, 2.24) is 4.90 Å². The van der Waals surface area contributed by atoms with Crippen molar-refractivity contribution in [2.45, 2.75) is 6.18 Å². The highest BCUT2D eigenvalue weighted by molar-refractivity contribution is 5.49. The first-order chi connectivity index (χ1) is 8.50. The zero-order valence-electron chi connectivity index (χ0n) is 9.74. The van der Waals surface area contributed by atoms with E-state index in [0.29, 0.717) is 31.9 Å². The molecule has 1 heterocycles. The predicted octanol–water partition coefficient (Wildman–Crippen LogP) is 2.42. The fraction of sp³-hybridized carbons (Fsp3) is 0.385. The summed E-state index contributed by atoms with van der Waals surface area (Å²) in [5, 5.41) is 0. The highest BCUT2D eigenvalue weighted by Gasteiger charge is 2.31. The Morgan fingerprint density at radius 2 is 1.78 bits per heavy atom. The molecule has 0 radical (unpaired) electrons. The Bertz CT molecular complexity index is 454. The van der Waals surface area contributed by atoms with E-state index in [2.05, 4.69) is 6.04 Å². The Kier molecular flexibility index (Phi) is 3.37. The molecular formula is C13H13F3N2. The number of alkyl halides is 3. The molecule has 0 spiro atoms. The van der Waals surface area contributed by atoms with E-state index >= 15 is 0 Å². The van der Waals surface area contributed by atoms with Gasteiger partial charge in [-0.05, 0) is 18.2 Å². The number of anilines is 1. The molecule has 2 rings (SSSR count). The number of rotatable bonds is 1. The molecule has 1 fully saturated rings. The van der Waals surface area contributed by atoms with Crippen LogP contribution >= 0.6 is 0 Å². The lowest BCUT2D eigenvalue weighted by Crippen LogP contribution is -2.44. The van der Waals surface area contributed by atoms with Gasteiger partial charge in [-0.2, -0.15) is 13.2 Å². The van der Waals surface area contributed by atoms with Crippen LogP contribution in [-0.2, 0) is 6.18 Å². The summed E-state index contributed by atoms with van der Waals surface area (Å²) in [4.78, 5) is 3.74. The Hall–Kier alpha value is -1.83.